The second kappa shape index (κ2) is 8.64. The molecule has 1 aromatic carbocycles. The van der Waals surface area contributed by atoms with Gasteiger partial charge in [0.2, 0.25) is 10.0 Å². The topological polar surface area (TPSA) is 76.7 Å². The predicted molar refractivity (Wildman–Crippen MR) is 95.0 cm³/mol. The highest BCUT2D eigenvalue weighted by molar-refractivity contribution is 9.10. The Balaban J connectivity index is 0.00000264. The van der Waals surface area contributed by atoms with E-state index in [0.29, 0.717) is 23.4 Å². The van der Waals surface area contributed by atoms with Crippen molar-refractivity contribution in [1.82, 2.24) is 10.0 Å². The molecular weight excluding hydrogens is 408 g/mol. The van der Waals surface area contributed by atoms with Gasteiger partial charge in [0.15, 0.2) is 0 Å². The molecule has 23 heavy (non-hydrogen) atoms. The molecule has 1 saturated heterocycles. The molecule has 0 aromatic heterocycles. The molecule has 0 saturated carbocycles. The van der Waals surface area contributed by atoms with Gasteiger partial charge in [0.05, 0.1) is 28.6 Å². The number of sulfonamides is 1. The first-order valence-electron chi connectivity index (χ1n) is 7.00. The van der Waals surface area contributed by atoms with E-state index >= 15 is 0 Å². The van der Waals surface area contributed by atoms with Gasteiger partial charge in [0.25, 0.3) is 0 Å². The molecule has 6 nitrogen and oxygen atoms in total. The standard InChI is InChI=1S/C14H21BrN2O4S.ClH/c1-20-10-14(6-3-7-16-14)9-17-22(18,19)11-4-5-13(21-2)12(15)8-11;/h4-5,8,16-17H,3,6-7,9-10H2,1-2H3;1H. The Hall–Kier alpha value is -0.380. The van der Waals surface area contributed by atoms with E-state index in [1.54, 1.807) is 13.2 Å². The highest BCUT2D eigenvalue weighted by atomic mass is 79.9. The molecule has 1 aliphatic heterocycles. The summed E-state index contributed by atoms with van der Waals surface area (Å²) in [4.78, 5) is 0.200. The molecule has 132 valence electrons. The maximum absolute atomic E-state index is 12.4. The van der Waals surface area contributed by atoms with Crippen LogP contribution in [0.1, 0.15) is 12.8 Å². The summed E-state index contributed by atoms with van der Waals surface area (Å²) < 4.78 is 38.5. The van der Waals surface area contributed by atoms with Gasteiger partial charge >= 0.3 is 0 Å². The summed E-state index contributed by atoms with van der Waals surface area (Å²) in [6.07, 6.45) is 1.90. The SMILES string of the molecule is COCC1(CNS(=O)(=O)c2ccc(OC)c(Br)c2)CCCN1.Cl. The molecule has 1 aliphatic rings. The second-order valence-electron chi connectivity index (χ2n) is 5.36. The third-order valence-electron chi connectivity index (χ3n) is 3.79. The lowest BCUT2D eigenvalue weighted by Gasteiger charge is -2.28. The lowest BCUT2D eigenvalue weighted by molar-refractivity contribution is 0.122. The summed E-state index contributed by atoms with van der Waals surface area (Å²) in [6.45, 7) is 1.65. The first-order valence-corrected chi connectivity index (χ1v) is 9.27. The lowest BCUT2D eigenvalue weighted by atomic mass is 9.99. The highest BCUT2D eigenvalue weighted by Crippen LogP contribution is 2.27. The van der Waals surface area contributed by atoms with Gasteiger partial charge in [-0.15, -0.1) is 12.4 Å². The molecule has 1 heterocycles. The van der Waals surface area contributed by atoms with Crippen molar-refractivity contribution in [3.05, 3.63) is 22.7 Å². The summed E-state index contributed by atoms with van der Waals surface area (Å²) >= 11 is 3.30. The number of halogens is 2. The number of methoxy groups -OCH3 is 2. The fraction of sp³-hybridized carbons (Fsp3) is 0.571. The van der Waals surface area contributed by atoms with Gasteiger partial charge in [-0.05, 0) is 53.5 Å². The number of ether oxygens (including phenoxy) is 2. The Kier molecular flexibility index (Phi) is 7.76. The predicted octanol–water partition coefficient (Wildman–Crippen LogP) is 1.93. The largest absolute Gasteiger partial charge is 0.496 e. The Morgan fingerprint density at radius 3 is 2.65 bits per heavy atom. The van der Waals surface area contributed by atoms with Crippen LogP contribution in [0, 0.1) is 0 Å². The molecular formula is C14H22BrClN2O4S. The zero-order valence-corrected chi connectivity index (χ0v) is 16.3. The van der Waals surface area contributed by atoms with Gasteiger partial charge < -0.3 is 14.8 Å². The molecule has 1 unspecified atom stereocenters. The number of benzene rings is 1. The van der Waals surface area contributed by atoms with Crippen LogP contribution in [0.25, 0.3) is 0 Å². The molecule has 9 heteroatoms. The second-order valence-corrected chi connectivity index (χ2v) is 7.99. The van der Waals surface area contributed by atoms with Crippen molar-refractivity contribution in [2.24, 2.45) is 0 Å². The van der Waals surface area contributed by atoms with Crippen molar-refractivity contribution in [3.63, 3.8) is 0 Å². The molecule has 0 spiro atoms. The van der Waals surface area contributed by atoms with Crippen molar-refractivity contribution in [3.8, 4) is 5.75 Å². The van der Waals surface area contributed by atoms with Crippen LogP contribution in [-0.2, 0) is 14.8 Å². The van der Waals surface area contributed by atoms with Crippen LogP contribution in [0.4, 0.5) is 0 Å². The molecule has 2 rings (SSSR count). The summed E-state index contributed by atoms with van der Waals surface area (Å²) in [5.74, 6) is 0.590. The molecule has 0 radical (unpaired) electrons. The monoisotopic (exact) mass is 428 g/mol. The fourth-order valence-electron chi connectivity index (χ4n) is 2.60. The van der Waals surface area contributed by atoms with E-state index in [-0.39, 0.29) is 22.8 Å². The van der Waals surface area contributed by atoms with Gasteiger partial charge in [0, 0.05) is 13.7 Å². The summed E-state index contributed by atoms with van der Waals surface area (Å²) in [7, 11) is -0.426. The van der Waals surface area contributed by atoms with E-state index in [1.807, 2.05) is 0 Å². The number of hydrogen-bond acceptors (Lipinski definition) is 5. The molecule has 0 amide bonds. The van der Waals surface area contributed by atoms with Crippen LogP contribution >= 0.6 is 28.3 Å². The third-order valence-corrected chi connectivity index (χ3v) is 5.81. The quantitative estimate of drug-likeness (QED) is 0.692. The van der Waals surface area contributed by atoms with Crippen LogP contribution in [0.15, 0.2) is 27.6 Å². The molecule has 2 N–H and O–H groups in total. The minimum atomic E-state index is -3.58. The average molecular weight is 430 g/mol. The molecule has 1 aromatic rings. The van der Waals surface area contributed by atoms with Crippen LogP contribution in [0.5, 0.6) is 5.75 Å². The lowest BCUT2D eigenvalue weighted by Crippen LogP contribution is -2.52. The van der Waals surface area contributed by atoms with Crippen molar-refractivity contribution in [2.75, 3.05) is 33.9 Å². The summed E-state index contributed by atoms with van der Waals surface area (Å²) in [5, 5.41) is 3.34. The van der Waals surface area contributed by atoms with E-state index in [1.165, 1.54) is 19.2 Å². The molecule has 0 aliphatic carbocycles. The first-order chi connectivity index (χ1) is 10.4. The Labute approximate surface area is 151 Å². The van der Waals surface area contributed by atoms with Crippen LogP contribution in [0.3, 0.4) is 0 Å². The van der Waals surface area contributed by atoms with Gasteiger partial charge in [-0.2, -0.15) is 0 Å². The molecule has 1 fully saturated rings. The van der Waals surface area contributed by atoms with Crippen LogP contribution < -0.4 is 14.8 Å². The van der Waals surface area contributed by atoms with Crippen molar-refractivity contribution >= 4 is 38.4 Å². The van der Waals surface area contributed by atoms with Gasteiger partial charge in [-0.3, -0.25) is 0 Å². The normalized spacial score (nSPS) is 21.0. The van der Waals surface area contributed by atoms with Gasteiger partial charge in [-0.25, -0.2) is 13.1 Å². The maximum atomic E-state index is 12.4. The summed E-state index contributed by atoms with van der Waals surface area (Å²) in [6, 6.07) is 4.68. The van der Waals surface area contributed by atoms with Crippen LogP contribution in [0.2, 0.25) is 0 Å². The average Bonchev–Trinajstić information content (AvgIpc) is 2.95. The Bertz CT molecular complexity index is 621. The van der Waals surface area contributed by atoms with E-state index in [0.717, 1.165) is 19.4 Å². The smallest absolute Gasteiger partial charge is 0.240 e. The number of rotatable bonds is 7. The molecule has 0 bridgehead atoms. The minimum Gasteiger partial charge on any atom is -0.496 e. The summed E-state index contributed by atoms with van der Waals surface area (Å²) in [5.41, 5.74) is -0.328. The molecule has 1 atom stereocenters. The zero-order valence-electron chi connectivity index (χ0n) is 13.1. The van der Waals surface area contributed by atoms with E-state index in [9.17, 15) is 8.42 Å². The minimum absolute atomic E-state index is 0. The van der Waals surface area contributed by atoms with E-state index in [2.05, 4.69) is 26.0 Å². The maximum Gasteiger partial charge on any atom is 0.240 e. The Morgan fingerprint density at radius 2 is 2.13 bits per heavy atom. The van der Waals surface area contributed by atoms with Crippen molar-refractivity contribution in [2.45, 2.75) is 23.3 Å². The van der Waals surface area contributed by atoms with Gasteiger partial charge in [-0.1, -0.05) is 0 Å². The van der Waals surface area contributed by atoms with Crippen molar-refractivity contribution < 1.29 is 17.9 Å². The van der Waals surface area contributed by atoms with Gasteiger partial charge in [0.1, 0.15) is 5.75 Å². The number of nitrogens with one attached hydrogen (secondary N) is 2. The van der Waals surface area contributed by atoms with Crippen LogP contribution in [-0.4, -0.2) is 47.9 Å². The number of hydrogen-bond donors (Lipinski definition) is 2. The Morgan fingerprint density at radius 1 is 1.39 bits per heavy atom. The fourth-order valence-corrected chi connectivity index (χ4v) is 4.45. The highest BCUT2D eigenvalue weighted by Gasteiger charge is 2.34. The van der Waals surface area contributed by atoms with E-state index < -0.39 is 10.0 Å². The third kappa shape index (κ3) is 5.04. The first kappa shape index (κ1) is 20.7. The zero-order chi connectivity index (χ0) is 16.2. The van der Waals surface area contributed by atoms with E-state index in [4.69, 9.17) is 9.47 Å². The van der Waals surface area contributed by atoms with Crippen molar-refractivity contribution in [1.29, 1.82) is 0 Å².